The maximum Gasteiger partial charge on any atom is 0.303 e. The Labute approximate surface area is 185 Å². The van der Waals surface area contributed by atoms with Crippen LogP contribution in [-0.4, -0.2) is 53.9 Å². The third-order valence-electron chi connectivity index (χ3n) is 5.48. The van der Waals surface area contributed by atoms with E-state index in [-0.39, 0.29) is 12.3 Å². The molecule has 0 spiro atoms. The van der Waals surface area contributed by atoms with Gasteiger partial charge in [0.1, 0.15) is 11.8 Å². The number of benzene rings is 2. The molecule has 2 saturated heterocycles. The van der Waals surface area contributed by atoms with E-state index in [0.29, 0.717) is 11.4 Å². The molecular weight excluding hydrogens is 412 g/mol. The minimum absolute atomic E-state index is 0.264. The Morgan fingerprint density at radius 2 is 1.66 bits per heavy atom. The minimum atomic E-state index is -1.19. The largest absolute Gasteiger partial charge is 0.497 e. The summed E-state index contributed by atoms with van der Waals surface area (Å²) in [6, 6.07) is 14.9. The van der Waals surface area contributed by atoms with Gasteiger partial charge in [-0.1, -0.05) is 42.5 Å². The van der Waals surface area contributed by atoms with Crippen molar-refractivity contribution in [1.82, 2.24) is 4.90 Å². The number of carbonyl (C=O) groups is 4. The number of amides is 3. The summed E-state index contributed by atoms with van der Waals surface area (Å²) in [6.07, 6.45) is 2.18. The van der Waals surface area contributed by atoms with Crippen molar-refractivity contribution in [2.24, 2.45) is 0 Å². The normalized spacial score (nSPS) is 22.9. The van der Waals surface area contributed by atoms with Crippen molar-refractivity contribution in [2.75, 3.05) is 12.0 Å². The van der Waals surface area contributed by atoms with E-state index >= 15 is 0 Å². The lowest BCUT2D eigenvalue weighted by molar-refractivity contribution is -0.158. The highest BCUT2D eigenvalue weighted by atomic mass is 16.5. The summed E-state index contributed by atoms with van der Waals surface area (Å²) in [5, 5.41) is 0. The number of hydrogen-bond acceptors (Lipinski definition) is 6. The monoisotopic (exact) mass is 434 g/mol. The molecule has 2 heterocycles. The van der Waals surface area contributed by atoms with Gasteiger partial charge in [0, 0.05) is 12.6 Å². The molecule has 8 nitrogen and oxygen atoms in total. The molecule has 2 aromatic carbocycles. The van der Waals surface area contributed by atoms with E-state index in [1.165, 1.54) is 11.8 Å². The minimum Gasteiger partial charge on any atom is -0.497 e. The summed E-state index contributed by atoms with van der Waals surface area (Å²) in [6.45, 7) is 1.17. The average molecular weight is 434 g/mol. The van der Waals surface area contributed by atoms with Crippen molar-refractivity contribution >= 4 is 35.5 Å². The van der Waals surface area contributed by atoms with Crippen LogP contribution in [0.5, 0.6) is 5.75 Å². The van der Waals surface area contributed by atoms with E-state index in [4.69, 9.17) is 9.47 Å². The van der Waals surface area contributed by atoms with Crippen LogP contribution in [0.4, 0.5) is 5.69 Å². The van der Waals surface area contributed by atoms with Crippen molar-refractivity contribution in [3.63, 3.8) is 0 Å². The highest BCUT2D eigenvalue weighted by Crippen LogP contribution is 2.36. The van der Waals surface area contributed by atoms with Crippen molar-refractivity contribution in [1.29, 1.82) is 0 Å². The number of esters is 1. The Morgan fingerprint density at radius 3 is 2.28 bits per heavy atom. The molecule has 0 radical (unpaired) electrons. The summed E-state index contributed by atoms with van der Waals surface area (Å²) < 4.78 is 10.1. The van der Waals surface area contributed by atoms with Crippen molar-refractivity contribution in [3.05, 3.63) is 66.2 Å². The standard InChI is InChI=1S/C24H22N2O6/c1-15(27)32-20-14-21(28)26(23(20)29)22-19(13-8-16-6-4-3-5-7-16)25(24(22)30)17-9-11-18(31-2)12-10-17/h3-13,19-20,22H,14H2,1-2H3/t19-,20?,22+/m1/s1. The fraction of sp³-hybridized carbons (Fsp3) is 0.250. The second kappa shape index (κ2) is 8.66. The van der Waals surface area contributed by atoms with Crippen LogP contribution >= 0.6 is 0 Å². The Kier molecular flexibility index (Phi) is 5.77. The van der Waals surface area contributed by atoms with E-state index in [9.17, 15) is 19.2 Å². The third-order valence-corrected chi connectivity index (χ3v) is 5.48. The molecule has 3 amide bonds. The Morgan fingerprint density at radius 1 is 0.969 bits per heavy atom. The summed E-state index contributed by atoms with van der Waals surface area (Å²) in [7, 11) is 1.55. The Bertz CT molecular complexity index is 1080. The lowest BCUT2D eigenvalue weighted by Crippen LogP contribution is -2.71. The van der Waals surface area contributed by atoms with Crippen LogP contribution < -0.4 is 9.64 Å². The van der Waals surface area contributed by atoms with Gasteiger partial charge in [0.15, 0.2) is 6.10 Å². The first-order chi connectivity index (χ1) is 15.4. The van der Waals surface area contributed by atoms with Gasteiger partial charge in [-0.25, -0.2) is 0 Å². The predicted octanol–water partition coefficient (Wildman–Crippen LogP) is 2.18. The Balaban J connectivity index is 1.65. The molecule has 2 aromatic rings. The summed E-state index contributed by atoms with van der Waals surface area (Å²) in [4.78, 5) is 52.3. The topological polar surface area (TPSA) is 93.2 Å². The van der Waals surface area contributed by atoms with Gasteiger partial charge in [-0.15, -0.1) is 0 Å². The van der Waals surface area contributed by atoms with Crippen LogP contribution in [0.1, 0.15) is 18.9 Å². The van der Waals surface area contributed by atoms with Gasteiger partial charge in [0.2, 0.25) is 5.91 Å². The highest BCUT2D eigenvalue weighted by molar-refractivity contribution is 6.15. The van der Waals surface area contributed by atoms with Gasteiger partial charge < -0.3 is 14.4 Å². The molecule has 0 aromatic heterocycles. The average Bonchev–Trinajstić information content (AvgIpc) is 3.04. The molecule has 4 rings (SSSR count). The van der Waals surface area contributed by atoms with Crippen LogP contribution in [0.15, 0.2) is 60.7 Å². The molecule has 8 heteroatoms. The molecule has 0 N–H and O–H groups in total. The van der Waals surface area contributed by atoms with Gasteiger partial charge in [0.25, 0.3) is 11.8 Å². The summed E-state index contributed by atoms with van der Waals surface area (Å²) in [5.74, 6) is -1.60. The van der Waals surface area contributed by atoms with Crippen LogP contribution in [0.2, 0.25) is 0 Å². The fourth-order valence-electron chi connectivity index (χ4n) is 3.97. The molecule has 2 aliphatic heterocycles. The number of anilines is 1. The van der Waals surface area contributed by atoms with Gasteiger partial charge in [-0.3, -0.25) is 24.1 Å². The second-order valence-corrected chi connectivity index (χ2v) is 7.52. The van der Waals surface area contributed by atoms with Crippen molar-refractivity contribution < 1.29 is 28.7 Å². The van der Waals surface area contributed by atoms with E-state index < -0.39 is 36.0 Å². The quantitative estimate of drug-likeness (QED) is 0.393. The fourth-order valence-corrected chi connectivity index (χ4v) is 3.97. The SMILES string of the molecule is COc1ccc(N2C(=O)[C@@H](N3C(=O)CC(OC(C)=O)C3=O)[C@H]2C=Cc2ccccc2)cc1. The van der Waals surface area contributed by atoms with Crippen LogP contribution in [0, 0.1) is 0 Å². The van der Waals surface area contributed by atoms with Crippen molar-refractivity contribution in [3.8, 4) is 5.75 Å². The first kappa shape index (κ1) is 21.3. The summed E-state index contributed by atoms with van der Waals surface area (Å²) in [5.41, 5.74) is 1.53. The molecule has 164 valence electrons. The molecular formula is C24H22N2O6. The van der Waals surface area contributed by atoms with Crippen LogP contribution in [0.3, 0.4) is 0 Å². The third kappa shape index (κ3) is 3.87. The zero-order chi connectivity index (χ0) is 22.8. The lowest BCUT2D eigenvalue weighted by atomic mass is 9.91. The number of rotatable bonds is 6. The molecule has 2 fully saturated rings. The first-order valence-electron chi connectivity index (χ1n) is 10.1. The van der Waals surface area contributed by atoms with Gasteiger partial charge >= 0.3 is 5.97 Å². The maximum atomic E-state index is 13.2. The van der Waals surface area contributed by atoms with Crippen LogP contribution in [0.25, 0.3) is 6.08 Å². The molecule has 32 heavy (non-hydrogen) atoms. The maximum absolute atomic E-state index is 13.2. The molecule has 1 unspecified atom stereocenters. The lowest BCUT2D eigenvalue weighted by Gasteiger charge is -2.48. The van der Waals surface area contributed by atoms with Gasteiger partial charge in [-0.05, 0) is 29.8 Å². The van der Waals surface area contributed by atoms with Crippen LogP contribution in [-0.2, 0) is 23.9 Å². The number of imide groups is 1. The number of nitrogens with zero attached hydrogens (tertiary/aromatic N) is 2. The zero-order valence-electron chi connectivity index (χ0n) is 17.6. The smallest absolute Gasteiger partial charge is 0.303 e. The Hall–Kier alpha value is -3.94. The first-order valence-corrected chi connectivity index (χ1v) is 10.1. The number of β-lactam (4-membered cyclic amide) rings is 1. The van der Waals surface area contributed by atoms with Crippen molar-refractivity contribution in [2.45, 2.75) is 31.5 Å². The predicted molar refractivity (Wildman–Crippen MR) is 116 cm³/mol. The molecule has 0 saturated carbocycles. The molecule has 0 aliphatic carbocycles. The highest BCUT2D eigenvalue weighted by Gasteiger charge is 2.57. The molecule has 2 aliphatic rings. The molecule has 3 atom stereocenters. The van der Waals surface area contributed by atoms with Gasteiger partial charge in [-0.2, -0.15) is 0 Å². The van der Waals surface area contributed by atoms with E-state index in [1.54, 1.807) is 37.5 Å². The van der Waals surface area contributed by atoms with E-state index in [2.05, 4.69) is 0 Å². The van der Waals surface area contributed by atoms with E-state index in [0.717, 1.165) is 10.5 Å². The number of carbonyl (C=O) groups excluding carboxylic acids is 4. The second-order valence-electron chi connectivity index (χ2n) is 7.52. The molecule has 0 bridgehead atoms. The number of ether oxygens (including phenoxy) is 2. The van der Waals surface area contributed by atoms with E-state index in [1.807, 2.05) is 36.4 Å². The van der Waals surface area contributed by atoms with Gasteiger partial charge in [0.05, 0.1) is 19.6 Å². The number of hydrogen-bond donors (Lipinski definition) is 0. The summed E-state index contributed by atoms with van der Waals surface area (Å²) >= 11 is 0. The number of methoxy groups -OCH3 is 1. The zero-order valence-corrected chi connectivity index (χ0v) is 17.6. The number of likely N-dealkylation sites (tertiary alicyclic amines) is 1.